The number of carbonyl (C=O) groups excluding carboxylic acids is 3. The van der Waals surface area contributed by atoms with Gasteiger partial charge in [0.25, 0.3) is 0 Å². The van der Waals surface area contributed by atoms with Crippen LogP contribution in [-0.4, -0.2) is 49.6 Å². The molecular formula is C21H25NO7. The molecule has 0 unspecified atom stereocenters. The van der Waals surface area contributed by atoms with Crippen molar-refractivity contribution in [3.63, 3.8) is 0 Å². The van der Waals surface area contributed by atoms with E-state index in [9.17, 15) is 14.4 Å². The Morgan fingerprint density at radius 1 is 1.07 bits per heavy atom. The number of hydrogen-bond donors (Lipinski definition) is 1. The Balaban J connectivity index is 2.27. The van der Waals surface area contributed by atoms with Gasteiger partial charge in [-0.1, -0.05) is 0 Å². The molecule has 0 aliphatic carbocycles. The average Bonchev–Trinajstić information content (AvgIpc) is 3.01. The topological polar surface area (TPSA) is 104 Å². The summed E-state index contributed by atoms with van der Waals surface area (Å²) in [5, 5.41) is 0. The number of ketones is 1. The number of nitrogens with one attached hydrogen (secondary N) is 1. The highest BCUT2D eigenvalue weighted by Crippen LogP contribution is 2.30. The zero-order chi connectivity index (χ0) is 21.7. The fraction of sp³-hybridized carbons (Fsp3) is 0.381. The summed E-state index contributed by atoms with van der Waals surface area (Å²) in [4.78, 5) is 39.7. The first-order chi connectivity index (χ1) is 13.7. The van der Waals surface area contributed by atoms with Crippen molar-refractivity contribution in [3.05, 3.63) is 46.3 Å². The van der Waals surface area contributed by atoms with Crippen molar-refractivity contribution in [2.75, 3.05) is 20.8 Å². The lowest BCUT2D eigenvalue weighted by Gasteiger charge is -2.16. The van der Waals surface area contributed by atoms with Crippen LogP contribution in [-0.2, 0) is 9.47 Å². The van der Waals surface area contributed by atoms with Gasteiger partial charge in [-0.3, -0.25) is 4.79 Å². The molecule has 8 nitrogen and oxygen atoms in total. The standard InChI is InChI=1S/C21H25NO7/c1-7-28-21(25)17-11(2)18(22-12(17)3)19(23)13(4)29-15-9-8-14(20(24)27-6)10-16(15)26-5/h8-10,13,22H,7H2,1-6H3/t13-/m0/s1. The number of hydrogen-bond acceptors (Lipinski definition) is 7. The molecule has 156 valence electrons. The van der Waals surface area contributed by atoms with Gasteiger partial charge in [-0.05, 0) is 51.5 Å². The third-order valence-electron chi connectivity index (χ3n) is 4.42. The number of aryl methyl sites for hydroxylation is 1. The summed E-state index contributed by atoms with van der Waals surface area (Å²) in [7, 11) is 2.71. The second-order valence-corrected chi connectivity index (χ2v) is 6.33. The van der Waals surface area contributed by atoms with Crippen LogP contribution in [0.25, 0.3) is 0 Å². The Morgan fingerprint density at radius 3 is 2.34 bits per heavy atom. The van der Waals surface area contributed by atoms with Crippen LogP contribution in [0, 0.1) is 13.8 Å². The van der Waals surface area contributed by atoms with E-state index >= 15 is 0 Å². The van der Waals surface area contributed by atoms with Crippen molar-refractivity contribution >= 4 is 17.7 Å². The van der Waals surface area contributed by atoms with Gasteiger partial charge in [-0.2, -0.15) is 0 Å². The van der Waals surface area contributed by atoms with Gasteiger partial charge in [-0.15, -0.1) is 0 Å². The molecule has 0 spiro atoms. The molecule has 1 aromatic carbocycles. The van der Waals surface area contributed by atoms with Gasteiger partial charge in [-0.25, -0.2) is 9.59 Å². The zero-order valence-electron chi connectivity index (χ0n) is 17.4. The van der Waals surface area contributed by atoms with Crippen molar-refractivity contribution < 1.29 is 33.3 Å². The summed E-state index contributed by atoms with van der Waals surface area (Å²) < 4.78 is 20.8. The number of aromatic amines is 1. The molecule has 0 bridgehead atoms. The Bertz CT molecular complexity index is 929. The van der Waals surface area contributed by atoms with Crippen LogP contribution in [0.3, 0.4) is 0 Å². The van der Waals surface area contributed by atoms with Crippen LogP contribution in [0.1, 0.15) is 56.3 Å². The smallest absolute Gasteiger partial charge is 0.340 e. The van der Waals surface area contributed by atoms with E-state index in [0.717, 1.165) is 0 Å². The van der Waals surface area contributed by atoms with E-state index in [2.05, 4.69) is 9.72 Å². The van der Waals surface area contributed by atoms with Gasteiger partial charge in [0.05, 0.1) is 37.6 Å². The van der Waals surface area contributed by atoms with Crippen molar-refractivity contribution in [2.45, 2.75) is 33.8 Å². The molecule has 0 saturated carbocycles. The molecule has 1 aromatic heterocycles. The molecule has 0 amide bonds. The minimum Gasteiger partial charge on any atom is -0.493 e. The quantitative estimate of drug-likeness (QED) is 0.533. The first kappa shape index (κ1) is 22.0. The molecular weight excluding hydrogens is 378 g/mol. The van der Waals surface area contributed by atoms with Crippen molar-refractivity contribution in [1.82, 2.24) is 4.98 Å². The number of Topliss-reactive ketones (excluding diaryl/α,β-unsaturated/α-hetero) is 1. The largest absolute Gasteiger partial charge is 0.493 e. The van der Waals surface area contributed by atoms with Crippen molar-refractivity contribution in [3.8, 4) is 11.5 Å². The van der Waals surface area contributed by atoms with Gasteiger partial charge in [0.2, 0.25) is 5.78 Å². The van der Waals surface area contributed by atoms with Crippen molar-refractivity contribution in [2.24, 2.45) is 0 Å². The lowest BCUT2D eigenvalue weighted by molar-refractivity contribution is 0.0524. The Kier molecular flexibility index (Phi) is 7.03. The van der Waals surface area contributed by atoms with Gasteiger partial charge < -0.3 is 23.9 Å². The van der Waals surface area contributed by atoms with Crippen LogP contribution < -0.4 is 9.47 Å². The van der Waals surface area contributed by atoms with Gasteiger partial charge in [0.1, 0.15) is 0 Å². The minimum atomic E-state index is -0.875. The second-order valence-electron chi connectivity index (χ2n) is 6.33. The second kappa shape index (κ2) is 9.27. The first-order valence-electron chi connectivity index (χ1n) is 9.08. The average molecular weight is 403 g/mol. The molecule has 0 radical (unpaired) electrons. The third-order valence-corrected chi connectivity index (χ3v) is 4.42. The van der Waals surface area contributed by atoms with Crippen LogP contribution in [0.5, 0.6) is 11.5 Å². The van der Waals surface area contributed by atoms with Gasteiger partial charge in [0.15, 0.2) is 17.6 Å². The molecule has 0 fully saturated rings. The normalized spacial score (nSPS) is 11.5. The molecule has 0 aliphatic heterocycles. The molecule has 2 aromatic rings. The number of esters is 2. The Labute approximate surface area is 169 Å². The van der Waals surface area contributed by atoms with Crippen LogP contribution in [0.2, 0.25) is 0 Å². The summed E-state index contributed by atoms with van der Waals surface area (Å²) in [6.45, 7) is 6.94. The number of benzene rings is 1. The molecule has 1 atom stereocenters. The highest BCUT2D eigenvalue weighted by Gasteiger charge is 2.27. The number of aromatic nitrogens is 1. The predicted octanol–water partition coefficient (Wildman–Crippen LogP) is 3.25. The number of methoxy groups -OCH3 is 2. The fourth-order valence-electron chi connectivity index (χ4n) is 2.96. The summed E-state index contributed by atoms with van der Waals surface area (Å²) in [6.07, 6.45) is -0.875. The van der Waals surface area contributed by atoms with Gasteiger partial charge in [0, 0.05) is 5.69 Å². The van der Waals surface area contributed by atoms with Crippen LogP contribution in [0.4, 0.5) is 0 Å². The van der Waals surface area contributed by atoms with E-state index in [1.807, 2.05) is 0 Å². The first-order valence-corrected chi connectivity index (χ1v) is 9.08. The maximum absolute atomic E-state index is 12.9. The van der Waals surface area contributed by atoms with E-state index in [0.29, 0.717) is 33.9 Å². The van der Waals surface area contributed by atoms with Gasteiger partial charge >= 0.3 is 11.9 Å². The van der Waals surface area contributed by atoms with E-state index in [1.165, 1.54) is 32.4 Å². The molecule has 8 heteroatoms. The minimum absolute atomic E-state index is 0.243. The number of H-pyrrole nitrogens is 1. The van der Waals surface area contributed by atoms with Crippen LogP contribution in [0.15, 0.2) is 18.2 Å². The molecule has 0 aliphatic rings. The highest BCUT2D eigenvalue weighted by molar-refractivity contribution is 6.03. The SMILES string of the molecule is CCOC(=O)c1c(C)[nH]c(C(=O)[C@H](C)Oc2ccc(C(=O)OC)cc2OC)c1C. The monoisotopic (exact) mass is 403 g/mol. The third kappa shape index (κ3) is 4.59. The highest BCUT2D eigenvalue weighted by atomic mass is 16.5. The van der Waals surface area contributed by atoms with Crippen LogP contribution >= 0.6 is 0 Å². The number of ether oxygens (including phenoxy) is 4. The summed E-state index contributed by atoms with van der Waals surface area (Å²) in [5.41, 5.74) is 1.99. The van der Waals surface area contributed by atoms with E-state index in [1.54, 1.807) is 27.7 Å². The number of carbonyl (C=O) groups is 3. The lowest BCUT2D eigenvalue weighted by atomic mass is 10.1. The fourth-order valence-corrected chi connectivity index (χ4v) is 2.96. The number of rotatable bonds is 8. The maximum atomic E-state index is 12.9. The summed E-state index contributed by atoms with van der Waals surface area (Å²) in [5.74, 6) is -0.735. The zero-order valence-corrected chi connectivity index (χ0v) is 17.4. The van der Waals surface area contributed by atoms with E-state index < -0.39 is 18.0 Å². The summed E-state index contributed by atoms with van der Waals surface area (Å²) in [6, 6.07) is 4.52. The Morgan fingerprint density at radius 2 is 1.76 bits per heavy atom. The molecule has 1 heterocycles. The molecule has 2 rings (SSSR count). The molecule has 1 N–H and O–H groups in total. The predicted molar refractivity (Wildman–Crippen MR) is 105 cm³/mol. The molecule has 0 saturated heterocycles. The van der Waals surface area contributed by atoms with E-state index in [-0.39, 0.29) is 18.1 Å². The van der Waals surface area contributed by atoms with E-state index in [4.69, 9.17) is 14.2 Å². The Hall–Kier alpha value is -3.29. The summed E-state index contributed by atoms with van der Waals surface area (Å²) >= 11 is 0. The van der Waals surface area contributed by atoms with Crippen molar-refractivity contribution in [1.29, 1.82) is 0 Å². The molecule has 29 heavy (non-hydrogen) atoms. The maximum Gasteiger partial charge on any atom is 0.340 e. The lowest BCUT2D eigenvalue weighted by Crippen LogP contribution is -2.25.